The Hall–Kier alpha value is -4.00. The van der Waals surface area contributed by atoms with Crippen LogP contribution in [0.3, 0.4) is 0 Å². The summed E-state index contributed by atoms with van der Waals surface area (Å²) in [4.78, 5) is 27.0. The van der Waals surface area contributed by atoms with E-state index in [0.717, 1.165) is 34.1 Å². The van der Waals surface area contributed by atoms with Gasteiger partial charge in [-0.05, 0) is 36.4 Å². The third-order valence-electron chi connectivity index (χ3n) is 7.93. The Morgan fingerprint density at radius 1 is 0.458 bits per heavy atom. The van der Waals surface area contributed by atoms with Gasteiger partial charge in [0, 0.05) is 63.7 Å². The van der Waals surface area contributed by atoms with Gasteiger partial charge in [0.25, 0.3) is 11.8 Å². The molecule has 2 amide bonds. The highest BCUT2D eigenvalue weighted by Gasteiger charge is 2.85. The smallest absolute Gasteiger partial charge is 0.368 e. The van der Waals surface area contributed by atoms with Crippen molar-refractivity contribution >= 4 is 23.2 Å². The van der Waals surface area contributed by atoms with Crippen molar-refractivity contribution < 1.29 is 71.1 Å². The number of rotatable bonds is 7. The summed E-state index contributed by atoms with van der Waals surface area (Å²) in [7, 11) is 0. The van der Waals surface area contributed by atoms with Gasteiger partial charge in [-0.25, -0.2) is 0 Å². The van der Waals surface area contributed by atoms with Gasteiger partial charge in [0.2, 0.25) is 0 Å². The van der Waals surface area contributed by atoms with Crippen molar-refractivity contribution in [2.75, 3.05) is 62.2 Å². The molecular weight excluding hydrogens is 690 g/mol. The Bertz CT molecular complexity index is 1380. The number of alkyl halides is 14. The summed E-state index contributed by atoms with van der Waals surface area (Å²) in [6.07, 6.45) is -9.51. The SMILES string of the molecule is O=C(N1CCN(c2cccc(C(F)(F)F)c2)CC1)C(F)(F)C(F)(F)C(F)(F)C(F)(F)C(=O)N1CCN(c2cccc(C(F)(F)F)c2)CC1. The maximum atomic E-state index is 14.8. The van der Waals surface area contributed by atoms with Gasteiger partial charge in [0.15, 0.2) is 0 Å². The number of benzene rings is 2. The van der Waals surface area contributed by atoms with E-state index < -0.39 is 111 Å². The number of carbonyl (C=O) groups is 2. The van der Waals surface area contributed by atoms with Crippen LogP contribution in [0.4, 0.5) is 72.8 Å². The first-order valence-corrected chi connectivity index (χ1v) is 13.9. The zero-order valence-electron chi connectivity index (χ0n) is 24.2. The largest absolute Gasteiger partial charge is 0.416 e. The van der Waals surface area contributed by atoms with Gasteiger partial charge in [0.05, 0.1) is 11.1 Å². The summed E-state index contributed by atoms with van der Waals surface area (Å²) in [6, 6.07) is 7.26. The lowest BCUT2D eigenvalue weighted by Gasteiger charge is -2.42. The average molecular weight is 714 g/mol. The Balaban J connectivity index is 1.43. The predicted octanol–water partition coefficient (Wildman–Crippen LogP) is 6.26. The van der Waals surface area contributed by atoms with E-state index in [0.29, 0.717) is 12.1 Å². The van der Waals surface area contributed by atoms with Crippen LogP contribution in [0.2, 0.25) is 0 Å². The fourth-order valence-corrected chi connectivity index (χ4v) is 5.15. The van der Waals surface area contributed by atoms with E-state index in [9.17, 15) is 71.1 Å². The first-order valence-electron chi connectivity index (χ1n) is 13.9. The summed E-state index contributed by atoms with van der Waals surface area (Å²) in [5.41, 5.74) is -2.34. The molecule has 6 nitrogen and oxygen atoms in total. The number of halogens is 14. The monoisotopic (exact) mass is 714 g/mol. The number of hydrogen-bond donors (Lipinski definition) is 0. The number of piperazine rings is 2. The quantitative estimate of drug-likeness (QED) is 0.318. The van der Waals surface area contributed by atoms with E-state index in [4.69, 9.17) is 0 Å². The minimum Gasteiger partial charge on any atom is -0.368 e. The first kappa shape index (κ1) is 36.8. The maximum Gasteiger partial charge on any atom is 0.416 e. The highest BCUT2D eigenvalue weighted by molar-refractivity contribution is 5.88. The third kappa shape index (κ3) is 6.65. The van der Waals surface area contributed by atoms with Crippen LogP contribution >= 0.6 is 0 Å². The van der Waals surface area contributed by atoms with Crippen molar-refractivity contribution in [3.63, 3.8) is 0 Å². The molecule has 48 heavy (non-hydrogen) atoms. The molecule has 0 aromatic heterocycles. The molecule has 0 atom stereocenters. The summed E-state index contributed by atoms with van der Waals surface area (Å²) in [5, 5.41) is 0. The molecule has 0 unspecified atom stereocenters. The standard InChI is InChI=1S/C28H24F14N4O2/c29-23(30,21(47)45-11-7-43(8-12-45)19-5-1-3-17(15-19)25(33,34)35)27(39,40)28(41,42)24(31,32)22(48)46-13-9-44(10-14-46)20-6-2-4-18(16-20)26(36,37)38/h1-6,15-16H,7-14H2. The highest BCUT2D eigenvalue weighted by Crippen LogP contribution is 2.53. The van der Waals surface area contributed by atoms with Gasteiger partial charge in [-0.15, -0.1) is 0 Å². The fourth-order valence-electron chi connectivity index (χ4n) is 5.15. The van der Waals surface area contributed by atoms with Crippen molar-refractivity contribution in [3.05, 3.63) is 59.7 Å². The predicted molar refractivity (Wildman–Crippen MR) is 140 cm³/mol. The van der Waals surface area contributed by atoms with Crippen LogP contribution in [0, 0.1) is 0 Å². The molecule has 0 bridgehead atoms. The van der Waals surface area contributed by atoms with Crippen molar-refractivity contribution in [1.29, 1.82) is 0 Å². The fraction of sp³-hybridized carbons (Fsp3) is 0.500. The molecule has 2 heterocycles. The van der Waals surface area contributed by atoms with Gasteiger partial charge in [-0.1, -0.05) is 12.1 Å². The van der Waals surface area contributed by atoms with Crippen molar-refractivity contribution in [1.82, 2.24) is 9.80 Å². The molecule has 2 fully saturated rings. The molecular formula is C28H24F14N4O2. The Morgan fingerprint density at radius 2 is 0.750 bits per heavy atom. The van der Waals surface area contributed by atoms with Crippen LogP contribution in [-0.4, -0.2) is 97.7 Å². The van der Waals surface area contributed by atoms with E-state index in [1.165, 1.54) is 12.1 Å². The summed E-state index contributed by atoms with van der Waals surface area (Å²) in [6.45, 7) is -5.65. The summed E-state index contributed by atoms with van der Waals surface area (Å²) in [5.74, 6) is -33.2. The Morgan fingerprint density at radius 3 is 1.02 bits per heavy atom. The molecule has 2 aromatic rings. The lowest BCUT2D eigenvalue weighted by atomic mass is 9.96. The molecule has 2 saturated heterocycles. The molecule has 0 radical (unpaired) electrons. The maximum absolute atomic E-state index is 14.8. The molecule has 2 aromatic carbocycles. The average Bonchev–Trinajstić information content (AvgIpc) is 3.03. The normalized spacial score (nSPS) is 17.5. The molecule has 20 heteroatoms. The number of amides is 2. The van der Waals surface area contributed by atoms with E-state index in [2.05, 4.69) is 0 Å². The molecule has 0 spiro atoms. The highest BCUT2D eigenvalue weighted by atomic mass is 19.4. The van der Waals surface area contributed by atoms with E-state index in [1.807, 2.05) is 0 Å². The topological polar surface area (TPSA) is 47.1 Å². The molecule has 0 saturated carbocycles. The molecule has 0 aliphatic carbocycles. The van der Waals surface area contributed by atoms with Gasteiger partial charge in [0.1, 0.15) is 0 Å². The lowest BCUT2D eigenvalue weighted by molar-refractivity contribution is -0.350. The molecule has 266 valence electrons. The zero-order chi connectivity index (χ0) is 36.1. The number of hydrogen-bond acceptors (Lipinski definition) is 4. The van der Waals surface area contributed by atoms with Crippen LogP contribution in [0.1, 0.15) is 11.1 Å². The van der Waals surface area contributed by atoms with Crippen LogP contribution in [0.25, 0.3) is 0 Å². The van der Waals surface area contributed by atoms with Crippen LogP contribution in [0.15, 0.2) is 48.5 Å². The van der Waals surface area contributed by atoms with Gasteiger partial charge >= 0.3 is 36.0 Å². The van der Waals surface area contributed by atoms with E-state index >= 15 is 0 Å². The van der Waals surface area contributed by atoms with Crippen molar-refractivity contribution in [2.45, 2.75) is 36.0 Å². The van der Waals surface area contributed by atoms with Gasteiger partial charge < -0.3 is 19.6 Å². The summed E-state index contributed by atoms with van der Waals surface area (Å²) < 4.78 is 196. The van der Waals surface area contributed by atoms with Crippen LogP contribution in [0.5, 0.6) is 0 Å². The Kier molecular flexibility index (Phi) is 9.57. The van der Waals surface area contributed by atoms with Crippen LogP contribution < -0.4 is 9.80 Å². The first-order chi connectivity index (χ1) is 21.9. The number of anilines is 2. The van der Waals surface area contributed by atoms with Gasteiger partial charge in [-0.3, -0.25) is 9.59 Å². The van der Waals surface area contributed by atoms with E-state index in [1.54, 1.807) is 0 Å². The lowest BCUT2D eigenvalue weighted by Crippen LogP contribution is -2.70. The second-order valence-corrected chi connectivity index (χ2v) is 11.0. The second-order valence-electron chi connectivity index (χ2n) is 11.0. The zero-order valence-corrected chi connectivity index (χ0v) is 24.2. The molecule has 4 rings (SSSR count). The number of carbonyl (C=O) groups excluding carboxylic acids is 2. The minimum absolute atomic E-state index is 0.0406. The van der Waals surface area contributed by atoms with Gasteiger partial charge in [-0.2, -0.15) is 61.5 Å². The Labute approximate surface area is 262 Å². The number of nitrogens with zero attached hydrogens (tertiary/aromatic N) is 4. The third-order valence-corrected chi connectivity index (χ3v) is 7.93. The van der Waals surface area contributed by atoms with Crippen molar-refractivity contribution in [3.8, 4) is 0 Å². The molecule has 2 aliphatic rings. The van der Waals surface area contributed by atoms with E-state index in [-0.39, 0.29) is 21.2 Å². The van der Waals surface area contributed by atoms with Crippen molar-refractivity contribution in [2.24, 2.45) is 0 Å². The van der Waals surface area contributed by atoms with Crippen LogP contribution in [-0.2, 0) is 21.9 Å². The second kappa shape index (κ2) is 12.5. The molecule has 2 aliphatic heterocycles. The minimum atomic E-state index is -7.13. The molecule has 0 N–H and O–H groups in total. The summed E-state index contributed by atoms with van der Waals surface area (Å²) >= 11 is 0.